The van der Waals surface area contributed by atoms with Gasteiger partial charge in [0.1, 0.15) is 5.82 Å². The van der Waals surface area contributed by atoms with E-state index >= 15 is 0 Å². The molecule has 37 heavy (non-hydrogen) atoms. The highest BCUT2D eigenvalue weighted by Crippen LogP contribution is 2.38. The molecule has 1 heterocycles. The third-order valence-electron chi connectivity index (χ3n) is 6.44. The Morgan fingerprint density at radius 1 is 1.03 bits per heavy atom. The molecule has 0 aliphatic carbocycles. The number of amides is 2. The third-order valence-corrected chi connectivity index (χ3v) is 6.44. The summed E-state index contributed by atoms with van der Waals surface area (Å²) >= 11 is 0. The molecule has 0 bridgehead atoms. The van der Waals surface area contributed by atoms with Crippen LogP contribution in [0.15, 0.2) is 36.4 Å². The van der Waals surface area contributed by atoms with Crippen molar-refractivity contribution in [2.75, 3.05) is 27.2 Å². The van der Waals surface area contributed by atoms with E-state index in [0.29, 0.717) is 23.3 Å². The molecule has 12 heteroatoms. The second-order valence-electron chi connectivity index (χ2n) is 9.03. The van der Waals surface area contributed by atoms with E-state index in [1.165, 1.54) is 37.3 Å². The van der Waals surface area contributed by atoms with Gasteiger partial charge in [0.05, 0.1) is 18.2 Å². The Morgan fingerprint density at radius 2 is 1.62 bits per heavy atom. The van der Waals surface area contributed by atoms with Crippen LogP contribution >= 0.6 is 0 Å². The number of methoxy groups -OCH3 is 1. The molecule has 0 aromatic heterocycles. The van der Waals surface area contributed by atoms with Crippen LogP contribution in [0.1, 0.15) is 40.2 Å². The van der Waals surface area contributed by atoms with Crippen molar-refractivity contribution in [3.05, 3.63) is 70.0 Å². The quantitative estimate of drug-likeness (QED) is 0.452. The second-order valence-corrected chi connectivity index (χ2v) is 9.03. The lowest BCUT2D eigenvalue weighted by atomic mass is 9.78. The third kappa shape index (κ3) is 6.53. The van der Waals surface area contributed by atoms with Crippen LogP contribution in [0, 0.1) is 18.7 Å². The van der Waals surface area contributed by atoms with E-state index in [1.807, 2.05) is 0 Å². The molecule has 0 saturated carbocycles. The molecular formula is C25H25F7N2O3. The zero-order valence-electron chi connectivity index (χ0n) is 20.2. The van der Waals surface area contributed by atoms with E-state index < -0.39 is 59.7 Å². The van der Waals surface area contributed by atoms with Gasteiger partial charge < -0.3 is 14.5 Å². The number of hydrogen-bond donors (Lipinski definition) is 0. The zero-order valence-corrected chi connectivity index (χ0v) is 20.2. The number of alkyl halides is 6. The Kier molecular flexibility index (Phi) is 8.09. The number of carbonyl (C=O) groups is 2. The summed E-state index contributed by atoms with van der Waals surface area (Å²) in [4.78, 5) is 28.0. The van der Waals surface area contributed by atoms with Gasteiger partial charge in [-0.25, -0.2) is 9.18 Å². The molecule has 2 amide bonds. The van der Waals surface area contributed by atoms with Crippen molar-refractivity contribution in [2.45, 2.75) is 38.2 Å². The van der Waals surface area contributed by atoms with Crippen molar-refractivity contribution < 1.29 is 45.1 Å². The summed E-state index contributed by atoms with van der Waals surface area (Å²) in [6.45, 7) is 1.35. The standard InChI is InChI=1S/C25H25F7N2O3/c1-14-8-18(26)4-5-19(14)21-13-34(23(36)37-3)7-6-20(21)22(35)33(2)12-15-9-16(24(27,28)29)11-17(10-15)25(30,31)32/h4-5,8-11,20-21H,6-7,12-13H2,1-3H3/t20-,21+/m1/s1. The Morgan fingerprint density at radius 3 is 2.14 bits per heavy atom. The summed E-state index contributed by atoms with van der Waals surface area (Å²) in [7, 11) is 2.49. The van der Waals surface area contributed by atoms with Crippen molar-refractivity contribution >= 4 is 12.0 Å². The summed E-state index contributed by atoms with van der Waals surface area (Å²) in [5.74, 6) is -2.38. The van der Waals surface area contributed by atoms with Crippen molar-refractivity contribution in [1.29, 1.82) is 0 Å². The van der Waals surface area contributed by atoms with E-state index in [2.05, 4.69) is 0 Å². The number of aryl methyl sites for hydroxylation is 1. The van der Waals surface area contributed by atoms with Gasteiger partial charge in [0.15, 0.2) is 0 Å². The van der Waals surface area contributed by atoms with Gasteiger partial charge in [-0.2, -0.15) is 26.3 Å². The van der Waals surface area contributed by atoms with E-state index in [-0.39, 0.29) is 31.1 Å². The molecule has 2 aromatic carbocycles. The molecule has 2 aromatic rings. The first-order valence-electron chi connectivity index (χ1n) is 11.2. The van der Waals surface area contributed by atoms with Gasteiger partial charge in [0.25, 0.3) is 0 Å². The summed E-state index contributed by atoms with van der Waals surface area (Å²) in [5.41, 5.74) is -2.14. The first-order valence-corrected chi connectivity index (χ1v) is 11.2. The van der Waals surface area contributed by atoms with Gasteiger partial charge in [-0.1, -0.05) is 6.07 Å². The highest BCUT2D eigenvalue weighted by atomic mass is 19.4. The van der Waals surface area contributed by atoms with E-state index in [1.54, 1.807) is 6.92 Å². The fourth-order valence-corrected chi connectivity index (χ4v) is 4.66. The predicted octanol–water partition coefficient (Wildman–Crippen LogP) is 6.00. The molecule has 1 saturated heterocycles. The van der Waals surface area contributed by atoms with Crippen molar-refractivity contribution in [3.63, 3.8) is 0 Å². The average Bonchev–Trinajstić information content (AvgIpc) is 2.81. The Bertz CT molecular complexity index is 1130. The largest absolute Gasteiger partial charge is 0.453 e. The maximum atomic E-state index is 13.7. The minimum atomic E-state index is -5.01. The SMILES string of the molecule is COC(=O)N1CC[C@@H](C(=O)N(C)Cc2cc(C(F)(F)F)cc(C(F)(F)F)c2)[C@H](c2ccc(F)cc2C)C1. The van der Waals surface area contributed by atoms with Gasteiger partial charge >= 0.3 is 18.4 Å². The van der Waals surface area contributed by atoms with E-state index in [0.717, 1.165) is 4.90 Å². The molecule has 0 N–H and O–H groups in total. The highest BCUT2D eigenvalue weighted by molar-refractivity contribution is 5.80. The van der Waals surface area contributed by atoms with Crippen LogP contribution in [0.3, 0.4) is 0 Å². The number of benzene rings is 2. The molecule has 0 unspecified atom stereocenters. The van der Waals surface area contributed by atoms with Crippen molar-refractivity contribution in [3.8, 4) is 0 Å². The van der Waals surface area contributed by atoms with Crippen LogP contribution in [0.2, 0.25) is 0 Å². The fourth-order valence-electron chi connectivity index (χ4n) is 4.66. The van der Waals surface area contributed by atoms with Crippen LogP contribution in [-0.2, 0) is 28.4 Å². The number of rotatable bonds is 4. The normalized spacial score (nSPS) is 18.5. The van der Waals surface area contributed by atoms with Gasteiger partial charge in [-0.05, 0) is 60.4 Å². The maximum absolute atomic E-state index is 13.7. The van der Waals surface area contributed by atoms with Crippen LogP contribution < -0.4 is 0 Å². The molecule has 2 atom stereocenters. The molecule has 3 rings (SSSR count). The fraction of sp³-hybridized carbons (Fsp3) is 0.440. The number of nitrogens with zero attached hydrogens (tertiary/aromatic N) is 2. The second kappa shape index (κ2) is 10.6. The summed E-state index contributed by atoms with van der Waals surface area (Å²) in [6, 6.07) is 5.19. The van der Waals surface area contributed by atoms with Crippen LogP contribution in [0.4, 0.5) is 35.5 Å². The van der Waals surface area contributed by atoms with E-state index in [9.17, 15) is 40.3 Å². The van der Waals surface area contributed by atoms with Crippen LogP contribution in [0.25, 0.3) is 0 Å². The van der Waals surface area contributed by atoms with E-state index in [4.69, 9.17) is 4.74 Å². The van der Waals surface area contributed by atoms with Crippen molar-refractivity contribution in [1.82, 2.24) is 9.80 Å². The first kappa shape index (κ1) is 28.3. The lowest BCUT2D eigenvalue weighted by molar-refractivity contribution is -0.143. The summed E-state index contributed by atoms with van der Waals surface area (Å²) < 4.78 is 97.9. The molecule has 1 fully saturated rings. The minimum Gasteiger partial charge on any atom is -0.453 e. The zero-order chi connectivity index (χ0) is 27.7. The van der Waals surface area contributed by atoms with Crippen LogP contribution in [-0.4, -0.2) is 49.0 Å². The molecule has 202 valence electrons. The first-order chi connectivity index (χ1) is 17.1. The number of ether oxygens (including phenoxy) is 1. The number of hydrogen-bond acceptors (Lipinski definition) is 3. The Hall–Kier alpha value is -3.31. The topological polar surface area (TPSA) is 49.9 Å². The highest BCUT2D eigenvalue weighted by Gasteiger charge is 2.40. The lowest BCUT2D eigenvalue weighted by Crippen LogP contribution is -2.47. The maximum Gasteiger partial charge on any atom is 0.416 e. The molecule has 5 nitrogen and oxygen atoms in total. The summed E-state index contributed by atoms with van der Waals surface area (Å²) in [6.07, 6.45) is -10.5. The van der Waals surface area contributed by atoms with Gasteiger partial charge in [0, 0.05) is 38.5 Å². The smallest absolute Gasteiger partial charge is 0.416 e. The Labute approximate surface area is 208 Å². The predicted molar refractivity (Wildman–Crippen MR) is 119 cm³/mol. The number of carbonyl (C=O) groups excluding carboxylic acids is 2. The van der Waals surface area contributed by atoms with Gasteiger partial charge in [-0.3, -0.25) is 4.79 Å². The molecule has 0 spiro atoms. The van der Waals surface area contributed by atoms with Crippen molar-refractivity contribution in [2.24, 2.45) is 5.92 Å². The number of halogens is 7. The van der Waals surface area contributed by atoms with Gasteiger partial charge in [-0.15, -0.1) is 0 Å². The monoisotopic (exact) mass is 534 g/mol. The molecule has 0 radical (unpaired) electrons. The number of piperidine rings is 1. The average molecular weight is 534 g/mol. The summed E-state index contributed by atoms with van der Waals surface area (Å²) in [5, 5.41) is 0. The molecule has 1 aliphatic heterocycles. The molecular weight excluding hydrogens is 509 g/mol. The Balaban J connectivity index is 1.92. The minimum absolute atomic E-state index is 0.0290. The molecule has 1 aliphatic rings. The number of likely N-dealkylation sites (tertiary alicyclic amines) is 1. The van der Waals surface area contributed by atoms with Crippen LogP contribution in [0.5, 0.6) is 0 Å². The lowest BCUT2D eigenvalue weighted by Gasteiger charge is -2.39. The van der Waals surface area contributed by atoms with Gasteiger partial charge in [0.2, 0.25) is 5.91 Å².